The van der Waals surface area contributed by atoms with Crippen LogP contribution in [0, 0.1) is 0 Å². The van der Waals surface area contributed by atoms with Crippen LogP contribution in [0.2, 0.25) is 5.02 Å². The molecule has 0 aliphatic heterocycles. The highest BCUT2D eigenvalue weighted by Crippen LogP contribution is 2.15. The molecule has 3 N–H and O–H groups in total. The number of anilines is 1. The van der Waals surface area contributed by atoms with E-state index in [4.69, 9.17) is 17.3 Å². The van der Waals surface area contributed by atoms with Crippen molar-refractivity contribution in [3.63, 3.8) is 0 Å². The van der Waals surface area contributed by atoms with Crippen LogP contribution in [-0.2, 0) is 6.54 Å². The number of benzene rings is 2. The fraction of sp³-hybridized carbons (Fsp3) is 0.0714. The van der Waals surface area contributed by atoms with Crippen LogP contribution in [0.1, 0.15) is 15.9 Å². The normalized spacial score (nSPS) is 10.1. The molecule has 2 aromatic carbocycles. The molecule has 0 unspecified atom stereocenters. The third kappa shape index (κ3) is 2.81. The maximum absolute atomic E-state index is 11.9. The van der Waals surface area contributed by atoms with Gasteiger partial charge < -0.3 is 11.1 Å². The Balaban J connectivity index is 2.06. The van der Waals surface area contributed by atoms with Crippen molar-refractivity contribution in [2.75, 3.05) is 5.73 Å². The SMILES string of the molecule is Nc1ccccc1C(=O)NCc1ccccc1Cl. The number of nitrogens with one attached hydrogen (secondary N) is 1. The molecular formula is C14H13ClN2O. The summed E-state index contributed by atoms with van der Waals surface area (Å²) in [6.45, 7) is 0.382. The van der Waals surface area contributed by atoms with Crippen LogP contribution in [0.5, 0.6) is 0 Å². The summed E-state index contributed by atoms with van der Waals surface area (Å²) in [6, 6.07) is 14.4. The molecule has 0 saturated carbocycles. The second-order valence-corrected chi connectivity index (χ2v) is 4.27. The number of nitrogens with two attached hydrogens (primary N) is 1. The number of hydrogen-bond acceptors (Lipinski definition) is 2. The Bertz CT molecular complexity index is 569. The van der Waals surface area contributed by atoms with E-state index in [9.17, 15) is 4.79 Å². The van der Waals surface area contributed by atoms with Crippen molar-refractivity contribution in [1.29, 1.82) is 0 Å². The van der Waals surface area contributed by atoms with E-state index in [0.717, 1.165) is 5.56 Å². The maximum Gasteiger partial charge on any atom is 0.253 e. The van der Waals surface area contributed by atoms with Crippen molar-refractivity contribution in [3.8, 4) is 0 Å². The predicted molar refractivity (Wildman–Crippen MR) is 73.5 cm³/mol. The van der Waals surface area contributed by atoms with Gasteiger partial charge in [-0.1, -0.05) is 41.9 Å². The van der Waals surface area contributed by atoms with Crippen molar-refractivity contribution >= 4 is 23.2 Å². The van der Waals surface area contributed by atoms with Gasteiger partial charge in [-0.15, -0.1) is 0 Å². The predicted octanol–water partition coefficient (Wildman–Crippen LogP) is 2.85. The van der Waals surface area contributed by atoms with Gasteiger partial charge in [-0.25, -0.2) is 0 Å². The van der Waals surface area contributed by atoms with Gasteiger partial charge in [0, 0.05) is 17.3 Å². The van der Waals surface area contributed by atoms with E-state index in [2.05, 4.69) is 5.32 Å². The first-order chi connectivity index (χ1) is 8.68. The molecule has 0 spiro atoms. The number of carbonyl (C=O) groups is 1. The summed E-state index contributed by atoms with van der Waals surface area (Å²) < 4.78 is 0. The van der Waals surface area contributed by atoms with Crippen molar-refractivity contribution < 1.29 is 4.79 Å². The molecule has 0 radical (unpaired) electrons. The minimum atomic E-state index is -0.201. The molecule has 92 valence electrons. The van der Waals surface area contributed by atoms with Crippen molar-refractivity contribution in [2.24, 2.45) is 0 Å². The van der Waals surface area contributed by atoms with E-state index in [1.54, 1.807) is 30.3 Å². The van der Waals surface area contributed by atoms with Gasteiger partial charge >= 0.3 is 0 Å². The highest BCUT2D eigenvalue weighted by Gasteiger charge is 2.08. The Hall–Kier alpha value is -2.00. The molecule has 0 saturated heterocycles. The molecule has 0 heterocycles. The van der Waals surface area contributed by atoms with Gasteiger partial charge in [0.1, 0.15) is 0 Å². The van der Waals surface area contributed by atoms with Gasteiger partial charge in [0.15, 0.2) is 0 Å². The number of hydrogen-bond donors (Lipinski definition) is 2. The fourth-order valence-electron chi connectivity index (χ4n) is 1.62. The minimum absolute atomic E-state index is 0.201. The number of amides is 1. The molecule has 0 aliphatic rings. The standard InChI is InChI=1S/C14H13ClN2O/c15-12-7-3-1-5-10(12)9-17-14(18)11-6-2-4-8-13(11)16/h1-8H,9,16H2,(H,17,18). The van der Waals surface area contributed by atoms with Gasteiger partial charge in [-0.05, 0) is 23.8 Å². The third-order valence-electron chi connectivity index (χ3n) is 2.60. The topological polar surface area (TPSA) is 55.1 Å². The van der Waals surface area contributed by atoms with Crippen molar-refractivity contribution in [3.05, 3.63) is 64.7 Å². The van der Waals surface area contributed by atoms with Crippen molar-refractivity contribution in [2.45, 2.75) is 6.54 Å². The molecule has 4 heteroatoms. The Morgan fingerprint density at radius 2 is 1.78 bits per heavy atom. The van der Waals surface area contributed by atoms with Crippen LogP contribution >= 0.6 is 11.6 Å². The molecule has 18 heavy (non-hydrogen) atoms. The Kier molecular flexibility index (Phi) is 3.85. The summed E-state index contributed by atoms with van der Waals surface area (Å²) in [5.74, 6) is -0.201. The summed E-state index contributed by atoms with van der Waals surface area (Å²) in [7, 11) is 0. The van der Waals surface area contributed by atoms with Crippen LogP contribution in [0.25, 0.3) is 0 Å². The largest absolute Gasteiger partial charge is 0.398 e. The second-order valence-electron chi connectivity index (χ2n) is 3.86. The van der Waals surface area contributed by atoms with Gasteiger partial charge in [0.05, 0.1) is 5.56 Å². The molecule has 1 amide bonds. The molecule has 2 rings (SSSR count). The lowest BCUT2D eigenvalue weighted by Crippen LogP contribution is -2.23. The highest BCUT2D eigenvalue weighted by molar-refractivity contribution is 6.31. The molecule has 0 atom stereocenters. The highest BCUT2D eigenvalue weighted by atomic mass is 35.5. The summed E-state index contributed by atoms with van der Waals surface area (Å²) in [6.07, 6.45) is 0. The quantitative estimate of drug-likeness (QED) is 0.834. The average molecular weight is 261 g/mol. The first-order valence-corrected chi connectivity index (χ1v) is 5.92. The Labute approximate surface area is 111 Å². The average Bonchev–Trinajstić information content (AvgIpc) is 2.38. The molecule has 0 aliphatic carbocycles. The monoisotopic (exact) mass is 260 g/mol. The van der Waals surface area contributed by atoms with Crippen LogP contribution in [-0.4, -0.2) is 5.91 Å². The summed E-state index contributed by atoms with van der Waals surface area (Å²) in [5.41, 5.74) is 7.55. The summed E-state index contributed by atoms with van der Waals surface area (Å²) in [5, 5.41) is 3.43. The summed E-state index contributed by atoms with van der Waals surface area (Å²) in [4.78, 5) is 11.9. The zero-order valence-corrected chi connectivity index (χ0v) is 10.4. The molecule has 2 aromatic rings. The molecule has 0 fully saturated rings. The first kappa shape index (κ1) is 12.5. The maximum atomic E-state index is 11.9. The number of rotatable bonds is 3. The Morgan fingerprint density at radius 1 is 1.11 bits per heavy atom. The molecule has 0 aromatic heterocycles. The van der Waals surface area contributed by atoms with Gasteiger partial charge in [0.2, 0.25) is 0 Å². The lowest BCUT2D eigenvalue weighted by molar-refractivity contribution is 0.0952. The second kappa shape index (κ2) is 5.56. The number of carbonyl (C=O) groups excluding carboxylic acids is 1. The number of nitrogen functional groups attached to an aromatic ring is 1. The smallest absolute Gasteiger partial charge is 0.253 e. The first-order valence-electron chi connectivity index (χ1n) is 5.54. The van der Waals surface area contributed by atoms with Crippen LogP contribution in [0.3, 0.4) is 0 Å². The van der Waals surface area contributed by atoms with Gasteiger partial charge in [-0.2, -0.15) is 0 Å². The van der Waals surface area contributed by atoms with E-state index < -0.39 is 0 Å². The minimum Gasteiger partial charge on any atom is -0.398 e. The summed E-state index contributed by atoms with van der Waals surface area (Å²) >= 11 is 6.01. The van der Waals surface area contributed by atoms with Crippen molar-refractivity contribution in [1.82, 2.24) is 5.32 Å². The fourth-order valence-corrected chi connectivity index (χ4v) is 1.82. The van der Waals surface area contributed by atoms with Crippen LogP contribution < -0.4 is 11.1 Å². The Morgan fingerprint density at radius 3 is 2.50 bits per heavy atom. The molecular weight excluding hydrogens is 248 g/mol. The molecule has 0 bridgehead atoms. The van der Waals surface area contributed by atoms with E-state index in [1.807, 2.05) is 18.2 Å². The lowest BCUT2D eigenvalue weighted by atomic mass is 10.1. The van der Waals surface area contributed by atoms with E-state index in [0.29, 0.717) is 22.8 Å². The van der Waals surface area contributed by atoms with Gasteiger partial charge in [-0.3, -0.25) is 4.79 Å². The molecule has 3 nitrogen and oxygen atoms in total. The van der Waals surface area contributed by atoms with E-state index >= 15 is 0 Å². The van der Waals surface area contributed by atoms with Gasteiger partial charge in [0.25, 0.3) is 5.91 Å². The van der Waals surface area contributed by atoms with E-state index in [1.165, 1.54) is 0 Å². The third-order valence-corrected chi connectivity index (χ3v) is 2.97. The number of halogens is 1. The number of para-hydroxylation sites is 1. The lowest BCUT2D eigenvalue weighted by Gasteiger charge is -2.08. The van der Waals surface area contributed by atoms with Crippen LogP contribution in [0.15, 0.2) is 48.5 Å². The van der Waals surface area contributed by atoms with Crippen LogP contribution in [0.4, 0.5) is 5.69 Å². The zero-order chi connectivity index (χ0) is 13.0. The van der Waals surface area contributed by atoms with E-state index in [-0.39, 0.29) is 5.91 Å². The zero-order valence-electron chi connectivity index (χ0n) is 9.69.